The van der Waals surface area contributed by atoms with Gasteiger partial charge in [-0.15, -0.1) is 0 Å². The maximum atomic E-state index is 14.5. The molecule has 6 rings (SSSR count). The van der Waals surface area contributed by atoms with Gasteiger partial charge in [0.25, 0.3) is 11.8 Å². The van der Waals surface area contributed by atoms with Gasteiger partial charge in [0.2, 0.25) is 5.91 Å². The molecule has 260 valence electrons. The number of hydroxylamine groups is 2. The molecule has 3 saturated heterocycles. The van der Waals surface area contributed by atoms with Crippen LogP contribution < -0.4 is 0 Å². The van der Waals surface area contributed by atoms with E-state index in [9.17, 15) is 19.5 Å². The average Bonchev–Trinajstić information content (AvgIpc) is 3.54. The van der Waals surface area contributed by atoms with Crippen LogP contribution in [0.4, 0.5) is 0 Å². The molecule has 1 N–H and O–H groups in total. The van der Waals surface area contributed by atoms with Crippen molar-refractivity contribution in [2.45, 2.75) is 109 Å². The van der Waals surface area contributed by atoms with Crippen molar-refractivity contribution in [1.29, 1.82) is 0 Å². The Labute approximate surface area is 284 Å². The Kier molecular flexibility index (Phi) is 10.8. The Morgan fingerprint density at radius 1 is 1.02 bits per heavy atom. The molecule has 4 atom stereocenters. The van der Waals surface area contributed by atoms with E-state index in [1.165, 1.54) is 17.6 Å². The van der Waals surface area contributed by atoms with Crippen LogP contribution in [0.15, 0.2) is 36.5 Å². The van der Waals surface area contributed by atoms with Crippen molar-refractivity contribution < 1.29 is 24.3 Å². The standard InChI is InChI=1S/C37H52N6O5/c1-37(2,3)22-31-35(46)41(28-17-19-40(24-28)18-9-10-20-44)25-33-42(31)36(47)32(21-26-11-5-4-6-12-26)48-43(33)34(45)16-15-27-23-38-29-13-7-8-14-30(29)39-27/h7-8,13-16,23,26,28,31-33,44H,4-6,9-12,17-22,24-25H2,1-3H3/b16-15+/t28-,31+,32-,33+/m1/s1. The van der Waals surface area contributed by atoms with Gasteiger partial charge in [0.05, 0.1) is 29.5 Å². The highest BCUT2D eigenvalue weighted by Gasteiger charge is 2.54. The third-order valence-corrected chi connectivity index (χ3v) is 10.4. The van der Waals surface area contributed by atoms with Crippen LogP contribution in [-0.2, 0) is 19.2 Å². The Bertz CT molecular complexity index is 1490. The van der Waals surface area contributed by atoms with E-state index in [4.69, 9.17) is 4.84 Å². The van der Waals surface area contributed by atoms with Crippen LogP contribution in [0, 0.1) is 11.3 Å². The number of aliphatic hydroxyl groups excluding tert-OH is 1. The van der Waals surface area contributed by atoms with E-state index >= 15 is 0 Å². The second-order valence-corrected chi connectivity index (χ2v) is 15.3. The van der Waals surface area contributed by atoms with Crippen molar-refractivity contribution in [2.75, 3.05) is 32.8 Å². The van der Waals surface area contributed by atoms with Gasteiger partial charge in [-0.25, -0.2) is 4.98 Å². The second kappa shape index (κ2) is 15.0. The molecule has 1 saturated carbocycles. The summed E-state index contributed by atoms with van der Waals surface area (Å²) in [7, 11) is 0. The first kappa shape index (κ1) is 34.5. The van der Waals surface area contributed by atoms with Crippen LogP contribution >= 0.6 is 0 Å². The van der Waals surface area contributed by atoms with Crippen LogP contribution in [0.3, 0.4) is 0 Å². The summed E-state index contributed by atoms with van der Waals surface area (Å²) < 4.78 is 0. The van der Waals surface area contributed by atoms with Crippen molar-refractivity contribution in [3.05, 3.63) is 42.2 Å². The Morgan fingerprint density at radius 2 is 1.79 bits per heavy atom. The summed E-state index contributed by atoms with van der Waals surface area (Å²) in [5, 5.41) is 10.6. The first-order chi connectivity index (χ1) is 23.1. The molecule has 11 heteroatoms. The van der Waals surface area contributed by atoms with Crippen LogP contribution in [0.1, 0.15) is 90.7 Å². The predicted octanol–water partition coefficient (Wildman–Crippen LogP) is 4.40. The van der Waals surface area contributed by atoms with E-state index in [-0.39, 0.29) is 42.3 Å². The SMILES string of the molecule is CC(C)(C)C[C@H]1C(=O)N([C@@H]2CCN(CCCCO)C2)C[C@@H]2N(C(=O)/C=C/c3cnc4ccccc4n3)O[C@H](CC3CCCCC3)C(=O)N21. The molecule has 1 aromatic carbocycles. The summed E-state index contributed by atoms with van der Waals surface area (Å²) in [5.74, 6) is -0.261. The molecule has 3 aliphatic heterocycles. The summed E-state index contributed by atoms with van der Waals surface area (Å²) in [6.07, 6.45) is 12.2. The third-order valence-electron chi connectivity index (χ3n) is 10.4. The minimum Gasteiger partial charge on any atom is -0.396 e. The first-order valence-electron chi connectivity index (χ1n) is 18.0. The van der Waals surface area contributed by atoms with Crippen molar-refractivity contribution in [3.63, 3.8) is 0 Å². The Balaban J connectivity index is 1.30. The smallest absolute Gasteiger partial charge is 0.272 e. The lowest BCUT2D eigenvalue weighted by Gasteiger charge is -2.54. The predicted molar refractivity (Wildman–Crippen MR) is 183 cm³/mol. The van der Waals surface area contributed by atoms with Crippen molar-refractivity contribution in [3.8, 4) is 0 Å². The number of hydrogen-bond donors (Lipinski definition) is 1. The number of hydrogen-bond acceptors (Lipinski definition) is 8. The highest BCUT2D eigenvalue weighted by molar-refractivity contribution is 5.95. The molecule has 2 aromatic rings. The van der Waals surface area contributed by atoms with E-state index in [0.717, 1.165) is 75.6 Å². The third kappa shape index (κ3) is 7.90. The zero-order chi connectivity index (χ0) is 33.8. The van der Waals surface area contributed by atoms with Crippen molar-refractivity contribution in [2.24, 2.45) is 11.3 Å². The number of aliphatic hydroxyl groups is 1. The van der Waals surface area contributed by atoms with Gasteiger partial charge >= 0.3 is 0 Å². The summed E-state index contributed by atoms with van der Waals surface area (Å²) in [4.78, 5) is 64.5. The number of benzene rings is 1. The first-order valence-corrected chi connectivity index (χ1v) is 18.0. The number of aromatic nitrogens is 2. The molecule has 3 amide bonds. The van der Waals surface area contributed by atoms with Crippen LogP contribution in [0.25, 0.3) is 17.1 Å². The molecular formula is C37H52N6O5. The lowest BCUT2D eigenvalue weighted by molar-refractivity contribution is -0.276. The largest absolute Gasteiger partial charge is 0.396 e. The number of nitrogens with zero attached hydrogens (tertiary/aromatic N) is 6. The number of rotatable bonds is 10. The van der Waals surface area contributed by atoms with Gasteiger partial charge in [-0.2, -0.15) is 5.06 Å². The fraction of sp³-hybridized carbons (Fsp3) is 0.649. The molecule has 0 radical (unpaired) electrons. The molecule has 1 aromatic heterocycles. The molecule has 1 aliphatic carbocycles. The van der Waals surface area contributed by atoms with Gasteiger partial charge in [0.15, 0.2) is 12.3 Å². The van der Waals surface area contributed by atoms with Gasteiger partial charge in [0.1, 0.15) is 6.04 Å². The molecule has 0 spiro atoms. The van der Waals surface area contributed by atoms with Gasteiger partial charge in [0, 0.05) is 31.8 Å². The highest BCUT2D eigenvalue weighted by atomic mass is 16.7. The minimum atomic E-state index is -0.822. The zero-order valence-electron chi connectivity index (χ0n) is 28.8. The number of carbonyl (C=O) groups excluding carboxylic acids is 3. The van der Waals surface area contributed by atoms with Gasteiger partial charge in [-0.3, -0.25) is 24.2 Å². The van der Waals surface area contributed by atoms with E-state index in [0.29, 0.717) is 24.5 Å². The summed E-state index contributed by atoms with van der Waals surface area (Å²) in [5.41, 5.74) is 1.82. The number of para-hydroxylation sites is 2. The van der Waals surface area contributed by atoms with Gasteiger partial charge in [-0.1, -0.05) is 65.0 Å². The molecule has 0 bridgehead atoms. The maximum Gasteiger partial charge on any atom is 0.272 e. The summed E-state index contributed by atoms with van der Waals surface area (Å²) in [6, 6.07) is 6.87. The van der Waals surface area contributed by atoms with Crippen molar-refractivity contribution >= 4 is 34.8 Å². The molecule has 48 heavy (non-hydrogen) atoms. The number of carbonyl (C=O) groups is 3. The molecule has 0 unspecified atom stereocenters. The molecule has 11 nitrogen and oxygen atoms in total. The number of likely N-dealkylation sites (tertiary alicyclic amines) is 1. The maximum absolute atomic E-state index is 14.5. The number of piperazine rings is 1. The topological polar surface area (TPSA) is 119 Å². The number of unbranched alkanes of at least 4 members (excludes halogenated alkanes) is 1. The monoisotopic (exact) mass is 660 g/mol. The lowest BCUT2D eigenvalue weighted by Crippen LogP contribution is -2.74. The van der Waals surface area contributed by atoms with Gasteiger partial charge < -0.3 is 19.8 Å². The average molecular weight is 661 g/mol. The van der Waals surface area contributed by atoms with E-state index in [2.05, 4.69) is 35.6 Å². The fourth-order valence-electron chi connectivity index (χ4n) is 7.94. The number of amides is 3. The van der Waals surface area contributed by atoms with Crippen LogP contribution in [0.5, 0.6) is 0 Å². The quantitative estimate of drug-likeness (QED) is 0.294. The van der Waals surface area contributed by atoms with E-state index < -0.39 is 18.3 Å². The summed E-state index contributed by atoms with van der Waals surface area (Å²) in [6.45, 7) is 9.13. The Morgan fingerprint density at radius 3 is 2.54 bits per heavy atom. The Hall–Kier alpha value is -3.41. The normalized spacial score (nSPS) is 26.2. The number of fused-ring (bicyclic) bond motifs is 2. The van der Waals surface area contributed by atoms with Gasteiger partial charge in [-0.05, 0) is 68.2 Å². The lowest BCUT2D eigenvalue weighted by atomic mass is 9.83. The van der Waals surface area contributed by atoms with Crippen LogP contribution in [0.2, 0.25) is 0 Å². The molecule has 4 fully saturated rings. The second-order valence-electron chi connectivity index (χ2n) is 15.3. The molecule has 4 aliphatic rings. The fourth-order valence-corrected chi connectivity index (χ4v) is 7.94. The zero-order valence-corrected chi connectivity index (χ0v) is 28.8. The highest BCUT2D eigenvalue weighted by Crippen LogP contribution is 2.38. The molecule has 4 heterocycles. The van der Waals surface area contributed by atoms with E-state index in [1.54, 1.807) is 17.2 Å². The van der Waals surface area contributed by atoms with Crippen LogP contribution in [-0.4, -0.2) is 110 Å². The summed E-state index contributed by atoms with van der Waals surface area (Å²) >= 11 is 0. The molecular weight excluding hydrogens is 608 g/mol. The van der Waals surface area contributed by atoms with Crippen molar-refractivity contribution in [1.82, 2.24) is 29.7 Å². The van der Waals surface area contributed by atoms with E-state index in [1.807, 2.05) is 29.2 Å². The minimum absolute atomic E-state index is 0.0216.